The van der Waals surface area contributed by atoms with E-state index in [0.29, 0.717) is 0 Å². The topological polar surface area (TPSA) is 27.7 Å². The molecule has 0 atom stereocenters. The van der Waals surface area contributed by atoms with Crippen LogP contribution in [0.2, 0.25) is 0 Å². The standard InChI is InChI=1S/C36H45O3P/c1-10-25-34(4,5)28-19-13-16-22-31(28)37-40(38-32-23-17-14-20-29(32)35(6,7)26-11-2)39-33-24-18-15-21-30(33)36(8,9)27-12-3/h10-27H,1-9H3/b25-10+,26-11+,27-12+. The smallest absolute Gasteiger partial charge is 0.408 e. The highest BCUT2D eigenvalue weighted by molar-refractivity contribution is 7.43. The second-order valence-electron chi connectivity index (χ2n) is 11.7. The highest BCUT2D eigenvalue weighted by Crippen LogP contribution is 2.49. The van der Waals surface area contributed by atoms with E-state index >= 15 is 0 Å². The Morgan fingerprint density at radius 3 is 0.950 bits per heavy atom. The van der Waals surface area contributed by atoms with Crippen molar-refractivity contribution in [2.45, 2.75) is 78.6 Å². The van der Waals surface area contributed by atoms with Gasteiger partial charge in [-0.05, 0) is 39.0 Å². The van der Waals surface area contributed by atoms with E-state index in [9.17, 15) is 0 Å². The van der Waals surface area contributed by atoms with Gasteiger partial charge in [0.25, 0.3) is 0 Å². The fourth-order valence-electron chi connectivity index (χ4n) is 5.05. The molecule has 0 fully saturated rings. The van der Waals surface area contributed by atoms with Crippen LogP contribution in [0.3, 0.4) is 0 Å². The third-order valence-corrected chi connectivity index (χ3v) is 8.05. The molecule has 0 bridgehead atoms. The van der Waals surface area contributed by atoms with E-state index in [1.165, 1.54) is 0 Å². The monoisotopic (exact) mass is 556 g/mol. The maximum atomic E-state index is 6.69. The Bertz CT molecular complexity index is 1180. The van der Waals surface area contributed by atoms with Crippen molar-refractivity contribution in [3.63, 3.8) is 0 Å². The van der Waals surface area contributed by atoms with Crippen molar-refractivity contribution < 1.29 is 13.6 Å². The second kappa shape index (κ2) is 13.4. The SMILES string of the molecule is C/C=C/C(C)(C)c1ccccc1OP(Oc1ccccc1C(C)(C)/C=C/C)Oc1ccccc1C(C)(C)/C=C/C. The number of hydrogen-bond donors (Lipinski definition) is 0. The first-order chi connectivity index (χ1) is 18.9. The van der Waals surface area contributed by atoms with Gasteiger partial charge in [-0.25, -0.2) is 0 Å². The molecule has 40 heavy (non-hydrogen) atoms. The van der Waals surface area contributed by atoms with Gasteiger partial charge in [0.1, 0.15) is 17.2 Å². The minimum Gasteiger partial charge on any atom is -0.408 e. The molecule has 0 spiro atoms. The molecule has 0 heterocycles. The maximum Gasteiger partial charge on any atom is 0.530 e. The number of para-hydroxylation sites is 3. The average Bonchev–Trinajstić information content (AvgIpc) is 2.89. The summed E-state index contributed by atoms with van der Waals surface area (Å²) in [4.78, 5) is 0. The molecule has 0 aliphatic heterocycles. The Balaban J connectivity index is 2.12. The van der Waals surface area contributed by atoms with Crippen LogP contribution >= 0.6 is 8.60 Å². The van der Waals surface area contributed by atoms with Gasteiger partial charge in [-0.15, -0.1) is 0 Å². The molecule has 3 rings (SSSR count). The van der Waals surface area contributed by atoms with E-state index in [1.54, 1.807) is 0 Å². The minimum absolute atomic E-state index is 0.232. The number of rotatable bonds is 12. The molecular weight excluding hydrogens is 511 g/mol. The van der Waals surface area contributed by atoms with Gasteiger partial charge in [0.05, 0.1) is 0 Å². The molecule has 4 heteroatoms. The fourth-order valence-corrected chi connectivity index (χ4v) is 6.12. The third kappa shape index (κ3) is 7.67. The van der Waals surface area contributed by atoms with Gasteiger partial charge in [0.15, 0.2) is 0 Å². The van der Waals surface area contributed by atoms with Crippen molar-refractivity contribution >= 4 is 8.60 Å². The van der Waals surface area contributed by atoms with Crippen LogP contribution in [-0.4, -0.2) is 0 Å². The van der Waals surface area contributed by atoms with Crippen LogP contribution in [0.15, 0.2) is 109 Å². The van der Waals surface area contributed by atoms with Crippen molar-refractivity contribution in [3.05, 3.63) is 126 Å². The van der Waals surface area contributed by atoms with Crippen molar-refractivity contribution in [2.24, 2.45) is 0 Å². The van der Waals surface area contributed by atoms with Crippen LogP contribution in [0.4, 0.5) is 0 Å². The number of benzene rings is 3. The summed E-state index contributed by atoms with van der Waals surface area (Å²) in [6.45, 7) is 19.2. The lowest BCUT2D eigenvalue weighted by Gasteiger charge is -2.29. The van der Waals surface area contributed by atoms with Crippen LogP contribution in [0.25, 0.3) is 0 Å². The molecule has 0 saturated heterocycles. The van der Waals surface area contributed by atoms with Crippen LogP contribution in [0, 0.1) is 0 Å². The summed E-state index contributed by atoms with van der Waals surface area (Å²) < 4.78 is 20.1. The molecule has 212 valence electrons. The van der Waals surface area contributed by atoms with Crippen LogP contribution in [0.1, 0.15) is 79.0 Å². The molecule has 3 aromatic rings. The summed E-state index contributed by atoms with van der Waals surface area (Å²) in [5, 5.41) is 0. The fraction of sp³-hybridized carbons (Fsp3) is 0.333. The van der Waals surface area contributed by atoms with E-state index in [-0.39, 0.29) is 16.2 Å². The van der Waals surface area contributed by atoms with E-state index in [1.807, 2.05) is 75.4 Å². The van der Waals surface area contributed by atoms with E-state index in [4.69, 9.17) is 13.6 Å². The zero-order chi connectivity index (χ0) is 29.4. The molecule has 0 unspecified atom stereocenters. The Kier molecular flexibility index (Phi) is 10.4. The zero-order valence-corrected chi connectivity index (χ0v) is 26.5. The third-order valence-electron chi connectivity index (χ3n) is 7.01. The average molecular weight is 557 g/mol. The summed E-state index contributed by atoms with van der Waals surface area (Å²) in [5.74, 6) is 2.23. The van der Waals surface area contributed by atoms with E-state index < -0.39 is 8.60 Å². The normalized spacial score (nSPS) is 13.1. The van der Waals surface area contributed by atoms with Gasteiger partial charge in [0.2, 0.25) is 0 Å². The lowest BCUT2D eigenvalue weighted by atomic mass is 9.84. The predicted molar refractivity (Wildman–Crippen MR) is 172 cm³/mol. The molecule has 0 N–H and O–H groups in total. The lowest BCUT2D eigenvalue weighted by Crippen LogP contribution is -2.18. The molecule has 0 aromatic heterocycles. The Hall–Kier alpha value is -3.29. The van der Waals surface area contributed by atoms with Gasteiger partial charge < -0.3 is 13.6 Å². The first-order valence-corrected chi connectivity index (χ1v) is 15.1. The van der Waals surface area contributed by atoms with Gasteiger partial charge in [-0.1, -0.05) is 133 Å². The largest absolute Gasteiger partial charge is 0.530 e. The predicted octanol–water partition coefficient (Wildman–Crippen LogP) is 11.0. The minimum atomic E-state index is -1.88. The van der Waals surface area contributed by atoms with Gasteiger partial charge in [-0.2, -0.15) is 0 Å². The van der Waals surface area contributed by atoms with Crippen molar-refractivity contribution in [1.29, 1.82) is 0 Å². The molecule has 0 amide bonds. The molecule has 3 aromatic carbocycles. The molecule has 0 aliphatic carbocycles. The quantitative estimate of drug-likeness (QED) is 0.164. The van der Waals surface area contributed by atoms with Gasteiger partial charge in [-0.3, -0.25) is 0 Å². The second-order valence-corrected chi connectivity index (χ2v) is 12.6. The van der Waals surface area contributed by atoms with Crippen molar-refractivity contribution in [1.82, 2.24) is 0 Å². The Morgan fingerprint density at radius 2 is 0.700 bits per heavy atom. The summed E-state index contributed by atoms with van der Waals surface area (Å²) in [6.07, 6.45) is 12.8. The Labute approximate surface area is 243 Å². The molecule has 0 saturated carbocycles. The van der Waals surface area contributed by atoms with Crippen LogP contribution in [0.5, 0.6) is 17.2 Å². The Morgan fingerprint density at radius 1 is 0.450 bits per heavy atom. The van der Waals surface area contributed by atoms with Gasteiger partial charge >= 0.3 is 8.60 Å². The highest BCUT2D eigenvalue weighted by Gasteiger charge is 2.31. The van der Waals surface area contributed by atoms with Crippen molar-refractivity contribution in [3.8, 4) is 17.2 Å². The summed E-state index contributed by atoms with van der Waals surface area (Å²) >= 11 is 0. The first-order valence-electron chi connectivity index (χ1n) is 14.0. The molecule has 0 aliphatic rings. The highest BCUT2D eigenvalue weighted by atomic mass is 31.2. The van der Waals surface area contributed by atoms with Crippen molar-refractivity contribution in [2.75, 3.05) is 0 Å². The summed E-state index contributed by atoms with van der Waals surface area (Å²) in [7, 11) is -1.88. The molecule has 0 radical (unpaired) electrons. The van der Waals surface area contributed by atoms with E-state index in [0.717, 1.165) is 33.9 Å². The zero-order valence-electron chi connectivity index (χ0n) is 25.6. The lowest BCUT2D eigenvalue weighted by molar-refractivity contribution is 0.376. The molecule has 3 nitrogen and oxygen atoms in total. The van der Waals surface area contributed by atoms with Crippen LogP contribution in [-0.2, 0) is 16.2 Å². The molecular formula is C36H45O3P. The number of hydrogen-bond acceptors (Lipinski definition) is 3. The van der Waals surface area contributed by atoms with Gasteiger partial charge in [0, 0.05) is 32.9 Å². The van der Waals surface area contributed by atoms with E-state index in [2.05, 4.69) is 96.2 Å². The summed E-state index contributed by atoms with van der Waals surface area (Å²) in [6, 6.07) is 24.4. The van der Waals surface area contributed by atoms with Crippen LogP contribution < -0.4 is 13.6 Å². The number of allylic oxidation sites excluding steroid dienone is 6. The summed E-state index contributed by atoms with van der Waals surface area (Å²) in [5.41, 5.74) is 2.51. The maximum absolute atomic E-state index is 6.69. The first kappa shape index (κ1) is 31.2.